The fourth-order valence-electron chi connectivity index (χ4n) is 2.90. The average molecular weight is 378 g/mol. The summed E-state index contributed by atoms with van der Waals surface area (Å²) in [5.41, 5.74) is -3.47. The van der Waals surface area contributed by atoms with Crippen molar-refractivity contribution in [2.45, 2.75) is 65.6 Å². The second-order valence-electron chi connectivity index (χ2n) is 8.30. The summed E-state index contributed by atoms with van der Waals surface area (Å²) in [5.74, 6) is -4.52. The number of aliphatic hydroxyl groups excluding tert-OH is 1. The molecule has 6 heteroatoms. The average Bonchev–Trinajstić information content (AvgIpc) is 2.69. The third-order valence-electron chi connectivity index (χ3n) is 4.32. The van der Waals surface area contributed by atoms with Crippen LogP contribution in [0.3, 0.4) is 0 Å². The Morgan fingerprint density at radius 3 is 2.26 bits per heavy atom. The van der Waals surface area contributed by atoms with Crippen LogP contribution in [0.5, 0.6) is 0 Å². The maximum absolute atomic E-state index is 12.8. The summed E-state index contributed by atoms with van der Waals surface area (Å²) in [4.78, 5) is 38.0. The van der Waals surface area contributed by atoms with Crippen LogP contribution < -0.4 is 0 Å². The van der Waals surface area contributed by atoms with Gasteiger partial charge in [-0.15, -0.1) is 0 Å². The van der Waals surface area contributed by atoms with E-state index in [0.717, 1.165) is 17.7 Å². The molecule has 0 amide bonds. The normalized spacial score (nSPS) is 23.4. The molecule has 1 aliphatic carbocycles. The van der Waals surface area contributed by atoms with E-state index in [1.54, 1.807) is 33.8 Å². The summed E-state index contributed by atoms with van der Waals surface area (Å²) in [6.07, 6.45) is 3.79. The standard InChI is InChI=1S/C21H30O6/c1-12(2)7-8-14-18(24)17(15(22)11-13(3)4)19(25)21(14,27)16(23)9-10-20(5,6)26/h7,9-10,13-14,25-27H,8,11H2,1-6H3/b10-9+/t14?,21-/m0/s1. The highest BCUT2D eigenvalue weighted by Crippen LogP contribution is 2.41. The first-order chi connectivity index (χ1) is 12.2. The second kappa shape index (κ2) is 8.31. The molecular weight excluding hydrogens is 348 g/mol. The van der Waals surface area contributed by atoms with E-state index in [2.05, 4.69) is 0 Å². The van der Waals surface area contributed by atoms with Gasteiger partial charge in [-0.1, -0.05) is 31.6 Å². The molecule has 27 heavy (non-hydrogen) atoms. The van der Waals surface area contributed by atoms with Crippen molar-refractivity contribution >= 4 is 17.3 Å². The van der Waals surface area contributed by atoms with E-state index in [4.69, 9.17) is 0 Å². The minimum Gasteiger partial charge on any atom is -0.508 e. The Balaban J connectivity index is 3.46. The topological polar surface area (TPSA) is 112 Å². The molecule has 2 atom stereocenters. The quantitative estimate of drug-likeness (QED) is 0.340. The number of rotatable bonds is 8. The molecule has 0 heterocycles. The molecule has 3 N–H and O–H groups in total. The van der Waals surface area contributed by atoms with Gasteiger partial charge in [0.2, 0.25) is 0 Å². The lowest BCUT2D eigenvalue weighted by atomic mass is 9.82. The van der Waals surface area contributed by atoms with Crippen LogP contribution >= 0.6 is 0 Å². The lowest BCUT2D eigenvalue weighted by Crippen LogP contribution is -2.46. The van der Waals surface area contributed by atoms with Crippen LogP contribution in [0.15, 0.2) is 35.1 Å². The molecule has 0 spiro atoms. The van der Waals surface area contributed by atoms with Crippen molar-refractivity contribution in [1.82, 2.24) is 0 Å². The van der Waals surface area contributed by atoms with Crippen molar-refractivity contribution in [3.63, 3.8) is 0 Å². The summed E-state index contributed by atoms with van der Waals surface area (Å²) in [7, 11) is 0. The van der Waals surface area contributed by atoms with Crippen LogP contribution in [0.2, 0.25) is 0 Å². The predicted molar refractivity (Wildman–Crippen MR) is 102 cm³/mol. The molecule has 0 aliphatic heterocycles. The first-order valence-corrected chi connectivity index (χ1v) is 9.04. The minimum absolute atomic E-state index is 0.00226. The first-order valence-electron chi connectivity index (χ1n) is 9.04. The van der Waals surface area contributed by atoms with Crippen LogP contribution in [0.4, 0.5) is 0 Å². The van der Waals surface area contributed by atoms with Gasteiger partial charge < -0.3 is 15.3 Å². The molecule has 0 saturated carbocycles. The molecule has 0 radical (unpaired) electrons. The van der Waals surface area contributed by atoms with Crippen LogP contribution in [0, 0.1) is 11.8 Å². The van der Waals surface area contributed by atoms with Gasteiger partial charge in [-0.05, 0) is 46.1 Å². The number of allylic oxidation sites excluding steroid dienone is 3. The fraction of sp³-hybridized carbons (Fsp3) is 0.571. The van der Waals surface area contributed by atoms with Gasteiger partial charge in [0, 0.05) is 6.42 Å². The van der Waals surface area contributed by atoms with Gasteiger partial charge >= 0.3 is 0 Å². The zero-order valence-electron chi connectivity index (χ0n) is 16.9. The summed E-state index contributed by atoms with van der Waals surface area (Å²) in [6.45, 7) is 10.1. The molecule has 0 aromatic rings. The van der Waals surface area contributed by atoms with Crippen molar-refractivity contribution in [2.75, 3.05) is 0 Å². The zero-order chi connectivity index (χ0) is 21.2. The fourth-order valence-corrected chi connectivity index (χ4v) is 2.90. The number of carbonyl (C=O) groups is 3. The Bertz CT molecular complexity index is 713. The first kappa shape index (κ1) is 23.0. The van der Waals surface area contributed by atoms with E-state index in [1.165, 1.54) is 13.8 Å². The maximum Gasteiger partial charge on any atom is 0.195 e. The highest BCUT2D eigenvalue weighted by molar-refractivity contribution is 6.26. The van der Waals surface area contributed by atoms with Gasteiger partial charge in [-0.25, -0.2) is 0 Å². The Hall–Kier alpha value is -2.05. The second-order valence-corrected chi connectivity index (χ2v) is 8.30. The van der Waals surface area contributed by atoms with Crippen molar-refractivity contribution < 1.29 is 29.7 Å². The van der Waals surface area contributed by atoms with Crippen LogP contribution in [0.1, 0.15) is 54.4 Å². The summed E-state index contributed by atoms with van der Waals surface area (Å²) in [6, 6.07) is 0. The van der Waals surface area contributed by atoms with Crippen molar-refractivity contribution in [3.8, 4) is 0 Å². The van der Waals surface area contributed by atoms with E-state index in [9.17, 15) is 29.7 Å². The summed E-state index contributed by atoms with van der Waals surface area (Å²) >= 11 is 0. The van der Waals surface area contributed by atoms with Crippen molar-refractivity contribution in [3.05, 3.63) is 35.1 Å². The highest BCUT2D eigenvalue weighted by atomic mass is 16.3. The van der Waals surface area contributed by atoms with E-state index in [-0.39, 0.29) is 18.8 Å². The largest absolute Gasteiger partial charge is 0.508 e. The Labute approximate surface area is 160 Å². The number of ketones is 3. The number of aliphatic hydroxyl groups is 3. The van der Waals surface area contributed by atoms with Gasteiger partial charge in [-0.2, -0.15) is 0 Å². The number of hydrogen-bond acceptors (Lipinski definition) is 6. The molecule has 0 aromatic heterocycles. The van der Waals surface area contributed by atoms with Crippen LogP contribution in [0.25, 0.3) is 0 Å². The van der Waals surface area contributed by atoms with Gasteiger partial charge in [0.05, 0.1) is 11.5 Å². The lowest BCUT2D eigenvalue weighted by molar-refractivity contribution is -0.140. The summed E-state index contributed by atoms with van der Waals surface area (Å²) < 4.78 is 0. The van der Waals surface area contributed by atoms with Crippen LogP contribution in [-0.4, -0.2) is 43.9 Å². The maximum atomic E-state index is 12.8. The van der Waals surface area contributed by atoms with Gasteiger partial charge in [0.1, 0.15) is 11.3 Å². The molecule has 1 rings (SSSR count). The number of hydrogen-bond donors (Lipinski definition) is 3. The predicted octanol–water partition coefficient (Wildman–Crippen LogP) is 2.60. The Morgan fingerprint density at radius 1 is 1.26 bits per heavy atom. The molecule has 1 unspecified atom stereocenters. The highest BCUT2D eigenvalue weighted by Gasteiger charge is 2.58. The SMILES string of the molecule is CC(C)=CCC1C(=O)C(C(=O)CC(C)C)=C(O)[C@@]1(O)C(=O)/C=C/C(C)(C)O. The summed E-state index contributed by atoms with van der Waals surface area (Å²) in [5, 5.41) is 31.3. The number of Topliss-reactive ketones (excluding diaryl/α,β-unsaturated/α-hetero) is 2. The Kier molecular flexibility index (Phi) is 7.08. The monoisotopic (exact) mass is 378 g/mol. The molecule has 6 nitrogen and oxygen atoms in total. The molecule has 150 valence electrons. The lowest BCUT2D eigenvalue weighted by Gasteiger charge is -2.26. The molecule has 1 aliphatic rings. The van der Waals surface area contributed by atoms with E-state index in [1.807, 2.05) is 0 Å². The molecule has 0 saturated heterocycles. The molecule has 0 bridgehead atoms. The molecular formula is C21H30O6. The van der Waals surface area contributed by atoms with Gasteiger partial charge in [0.25, 0.3) is 0 Å². The van der Waals surface area contributed by atoms with Crippen LogP contribution in [-0.2, 0) is 14.4 Å². The van der Waals surface area contributed by atoms with Gasteiger partial charge in [0.15, 0.2) is 23.0 Å². The third-order valence-corrected chi connectivity index (χ3v) is 4.32. The minimum atomic E-state index is -2.52. The van der Waals surface area contributed by atoms with Crippen molar-refractivity contribution in [1.29, 1.82) is 0 Å². The van der Waals surface area contributed by atoms with Gasteiger partial charge in [-0.3, -0.25) is 14.4 Å². The van der Waals surface area contributed by atoms with E-state index in [0.29, 0.717) is 0 Å². The van der Waals surface area contributed by atoms with E-state index >= 15 is 0 Å². The Morgan fingerprint density at radius 2 is 1.81 bits per heavy atom. The third kappa shape index (κ3) is 5.23. The smallest absolute Gasteiger partial charge is 0.195 e. The van der Waals surface area contributed by atoms with E-state index < -0.39 is 45.8 Å². The number of carbonyl (C=O) groups excluding carboxylic acids is 3. The van der Waals surface area contributed by atoms with Crippen molar-refractivity contribution in [2.24, 2.45) is 11.8 Å². The molecule has 0 fully saturated rings. The molecule has 0 aromatic carbocycles. The zero-order valence-corrected chi connectivity index (χ0v) is 16.9.